The van der Waals surface area contributed by atoms with Crippen molar-refractivity contribution in [3.05, 3.63) is 72.9 Å². The number of hydrogen-bond donors (Lipinski definition) is 1. The number of methoxy groups -OCH3 is 1. The largest absolute Gasteiger partial charge is 0.493 e. The number of nitro groups is 1. The first-order valence-corrected chi connectivity index (χ1v) is 8.11. The number of rotatable bonds is 6. The first-order valence-electron chi connectivity index (χ1n) is 8.11. The third kappa shape index (κ3) is 3.81. The lowest BCUT2D eigenvalue weighted by atomic mass is 10.2. The number of aromatic nitrogens is 2. The Labute approximate surface area is 162 Å². The molecule has 0 unspecified atom stereocenters. The van der Waals surface area contributed by atoms with Crippen LogP contribution in [0.25, 0.3) is 10.9 Å². The lowest BCUT2D eigenvalue weighted by molar-refractivity contribution is -0.385. The molecule has 0 aliphatic rings. The fraction of sp³-hybridized carbons (Fsp3) is 0.111. The van der Waals surface area contributed by atoms with Crippen molar-refractivity contribution in [2.24, 2.45) is 5.10 Å². The van der Waals surface area contributed by atoms with Gasteiger partial charge in [-0.1, -0.05) is 12.1 Å². The Morgan fingerprint density at radius 3 is 2.79 bits per heavy atom. The van der Waals surface area contributed by atoms with Crippen molar-refractivity contribution in [1.82, 2.24) is 9.66 Å². The first kappa shape index (κ1) is 19.3. The van der Waals surface area contributed by atoms with Gasteiger partial charge in [0.2, 0.25) is 5.75 Å². The molecule has 3 rings (SSSR count). The molecule has 2 aromatic carbocycles. The Morgan fingerprint density at radius 2 is 2.10 bits per heavy atom. The van der Waals surface area contributed by atoms with Crippen LogP contribution in [-0.2, 0) is 0 Å². The van der Waals surface area contributed by atoms with Crippen molar-refractivity contribution in [1.29, 1.82) is 5.26 Å². The van der Waals surface area contributed by atoms with Crippen molar-refractivity contribution in [2.75, 3.05) is 13.7 Å². The van der Waals surface area contributed by atoms with E-state index in [4.69, 9.17) is 14.7 Å². The lowest BCUT2D eigenvalue weighted by Crippen LogP contribution is -2.32. The van der Waals surface area contributed by atoms with E-state index in [0.717, 1.165) is 12.3 Å². The maximum atomic E-state index is 12.5. The number of benzene rings is 2. The number of fused-ring (bicyclic) bond motifs is 1. The second-order valence-corrected chi connectivity index (χ2v) is 5.61. The highest BCUT2D eigenvalue weighted by Gasteiger charge is 2.22. The van der Waals surface area contributed by atoms with Crippen LogP contribution in [0.1, 0.15) is 5.56 Å². The summed E-state index contributed by atoms with van der Waals surface area (Å²) in [7, 11) is 1.28. The van der Waals surface area contributed by atoms with Gasteiger partial charge in [-0.3, -0.25) is 14.9 Å². The number of nitriles is 1. The van der Waals surface area contributed by atoms with Gasteiger partial charge in [-0.05, 0) is 18.2 Å². The Morgan fingerprint density at radius 1 is 1.34 bits per heavy atom. The van der Waals surface area contributed by atoms with Crippen molar-refractivity contribution >= 4 is 22.8 Å². The van der Waals surface area contributed by atoms with E-state index in [9.17, 15) is 19.7 Å². The van der Waals surface area contributed by atoms with Crippen LogP contribution >= 0.6 is 0 Å². The molecular weight excluding hydrogens is 382 g/mol. The van der Waals surface area contributed by atoms with Crippen LogP contribution in [0.4, 0.5) is 5.69 Å². The second-order valence-electron chi connectivity index (χ2n) is 5.61. The van der Waals surface area contributed by atoms with Crippen LogP contribution < -0.4 is 20.7 Å². The Hall–Kier alpha value is -4.46. The highest BCUT2D eigenvalue weighted by atomic mass is 16.6. The van der Waals surface area contributed by atoms with E-state index in [2.05, 4.69) is 10.1 Å². The summed E-state index contributed by atoms with van der Waals surface area (Å²) < 4.78 is 10.8. The minimum absolute atomic E-state index is 0.00401. The van der Waals surface area contributed by atoms with E-state index in [1.165, 1.54) is 19.2 Å². The number of para-hydroxylation sites is 1. The highest BCUT2D eigenvalue weighted by molar-refractivity contribution is 5.83. The summed E-state index contributed by atoms with van der Waals surface area (Å²) in [4.78, 5) is 37.8. The average Bonchev–Trinajstić information content (AvgIpc) is 2.71. The predicted molar refractivity (Wildman–Crippen MR) is 103 cm³/mol. The zero-order chi connectivity index (χ0) is 21.0. The van der Waals surface area contributed by atoms with Gasteiger partial charge in [0.25, 0.3) is 5.56 Å². The number of nitrogens with one attached hydrogen (secondary N) is 1. The van der Waals surface area contributed by atoms with Crippen LogP contribution in [0.15, 0.2) is 51.1 Å². The molecule has 3 aromatic rings. The molecule has 0 aliphatic carbocycles. The molecule has 1 N–H and O–H groups in total. The van der Waals surface area contributed by atoms with Crippen molar-refractivity contribution in [2.45, 2.75) is 0 Å². The Kier molecular flexibility index (Phi) is 5.36. The van der Waals surface area contributed by atoms with Gasteiger partial charge in [-0.25, -0.2) is 4.79 Å². The molecule has 1 aromatic heterocycles. The van der Waals surface area contributed by atoms with Gasteiger partial charge in [0.1, 0.15) is 6.07 Å². The topological polar surface area (TPSA) is 153 Å². The minimum Gasteiger partial charge on any atom is -0.493 e. The SMILES string of the molecule is COc1cc(C=Nn2c(=O)[nH]c3ccccc3c2=O)cc([N+](=O)[O-])c1OCC#N. The Bertz CT molecular complexity index is 1280. The molecule has 0 saturated heterocycles. The molecule has 11 heteroatoms. The molecule has 146 valence electrons. The van der Waals surface area contributed by atoms with Gasteiger partial charge < -0.3 is 14.5 Å². The van der Waals surface area contributed by atoms with E-state index in [-0.39, 0.29) is 22.4 Å². The van der Waals surface area contributed by atoms with Crippen molar-refractivity contribution in [3.8, 4) is 17.6 Å². The van der Waals surface area contributed by atoms with E-state index >= 15 is 0 Å². The molecule has 0 saturated carbocycles. The van der Waals surface area contributed by atoms with Gasteiger partial charge in [0.15, 0.2) is 12.4 Å². The lowest BCUT2D eigenvalue weighted by Gasteiger charge is -2.09. The summed E-state index contributed by atoms with van der Waals surface area (Å²) in [6, 6.07) is 10.6. The van der Waals surface area contributed by atoms with Crippen LogP contribution in [0.2, 0.25) is 0 Å². The van der Waals surface area contributed by atoms with Gasteiger partial charge in [-0.15, -0.1) is 4.68 Å². The predicted octanol–water partition coefficient (Wildman–Crippen LogP) is 1.39. The molecule has 0 radical (unpaired) electrons. The van der Waals surface area contributed by atoms with Crippen LogP contribution in [0, 0.1) is 21.4 Å². The number of hydrogen-bond acceptors (Lipinski definition) is 8. The zero-order valence-corrected chi connectivity index (χ0v) is 15.0. The number of nitro benzene ring substituents is 1. The van der Waals surface area contributed by atoms with E-state index < -0.39 is 28.5 Å². The molecule has 0 fully saturated rings. The zero-order valence-electron chi connectivity index (χ0n) is 15.0. The second kappa shape index (κ2) is 8.05. The molecule has 11 nitrogen and oxygen atoms in total. The molecule has 1 heterocycles. The maximum Gasteiger partial charge on any atom is 0.349 e. The summed E-state index contributed by atoms with van der Waals surface area (Å²) in [6.45, 7) is -0.410. The fourth-order valence-corrected chi connectivity index (χ4v) is 2.60. The van der Waals surface area contributed by atoms with E-state index in [1.807, 2.05) is 0 Å². The van der Waals surface area contributed by atoms with Crippen LogP contribution in [0.3, 0.4) is 0 Å². The first-order chi connectivity index (χ1) is 14.0. The normalized spacial score (nSPS) is 10.8. The van der Waals surface area contributed by atoms with Gasteiger partial charge in [0.05, 0.1) is 29.2 Å². The van der Waals surface area contributed by atoms with Gasteiger partial charge in [0, 0.05) is 11.6 Å². The van der Waals surface area contributed by atoms with Crippen LogP contribution in [0.5, 0.6) is 11.5 Å². The summed E-state index contributed by atoms with van der Waals surface area (Å²) in [6.07, 6.45) is 1.11. The molecule has 0 spiro atoms. The average molecular weight is 395 g/mol. The summed E-state index contributed by atoms with van der Waals surface area (Å²) in [5.74, 6) is -0.215. The third-order valence-corrected chi connectivity index (χ3v) is 3.86. The van der Waals surface area contributed by atoms with E-state index in [1.54, 1.807) is 24.3 Å². The highest BCUT2D eigenvalue weighted by Crippen LogP contribution is 2.37. The number of nitrogens with zero attached hydrogens (tertiary/aromatic N) is 4. The van der Waals surface area contributed by atoms with Crippen molar-refractivity contribution < 1.29 is 14.4 Å². The van der Waals surface area contributed by atoms with Crippen molar-refractivity contribution in [3.63, 3.8) is 0 Å². The number of ether oxygens (including phenoxy) is 2. The van der Waals surface area contributed by atoms with Gasteiger partial charge >= 0.3 is 11.4 Å². The summed E-state index contributed by atoms with van der Waals surface area (Å²) in [5.41, 5.74) is -1.32. The number of aromatic amines is 1. The standard InChI is InChI=1S/C18H13N5O6/c1-28-15-9-11(8-14(23(26)27)16(15)29-7-6-19)10-20-22-17(24)12-4-2-3-5-13(12)21-18(22)25/h2-5,8-10H,7H2,1H3,(H,21,25). The van der Waals surface area contributed by atoms with Gasteiger partial charge in [-0.2, -0.15) is 10.4 Å². The smallest absolute Gasteiger partial charge is 0.349 e. The molecule has 29 heavy (non-hydrogen) atoms. The molecule has 0 bridgehead atoms. The monoisotopic (exact) mass is 395 g/mol. The molecule has 0 aliphatic heterocycles. The number of H-pyrrole nitrogens is 1. The molecule has 0 amide bonds. The quantitative estimate of drug-likeness (QED) is 0.376. The summed E-state index contributed by atoms with van der Waals surface area (Å²) >= 11 is 0. The summed E-state index contributed by atoms with van der Waals surface area (Å²) in [5, 5.41) is 24.1. The third-order valence-electron chi connectivity index (χ3n) is 3.86. The molecule has 0 atom stereocenters. The fourth-order valence-electron chi connectivity index (χ4n) is 2.60. The Balaban J connectivity index is 2.10. The van der Waals surface area contributed by atoms with E-state index in [0.29, 0.717) is 10.2 Å². The molecular formula is C18H13N5O6. The van der Waals surface area contributed by atoms with Crippen LogP contribution in [-0.4, -0.2) is 34.5 Å². The maximum absolute atomic E-state index is 12.5. The minimum atomic E-state index is -0.764.